The first-order valence-corrected chi connectivity index (χ1v) is 5.32. The van der Waals surface area contributed by atoms with Gasteiger partial charge < -0.3 is 5.73 Å². The van der Waals surface area contributed by atoms with Gasteiger partial charge in [0.2, 0.25) is 0 Å². The first-order valence-electron chi connectivity index (χ1n) is 4.94. The van der Waals surface area contributed by atoms with Crippen molar-refractivity contribution in [3.8, 4) is 11.3 Å². The zero-order valence-electron chi connectivity index (χ0n) is 9.16. The number of nitrogens with zero attached hydrogens (tertiary/aromatic N) is 2. The smallest absolute Gasteiger partial charge is 0.130 e. The summed E-state index contributed by atoms with van der Waals surface area (Å²) < 4.78 is 0. The van der Waals surface area contributed by atoms with E-state index in [1.807, 2.05) is 38.1 Å². The Labute approximate surface area is 99.3 Å². The molecule has 4 heteroatoms. The number of rotatable bonds is 1. The van der Waals surface area contributed by atoms with Crippen molar-refractivity contribution in [2.75, 3.05) is 5.73 Å². The van der Waals surface area contributed by atoms with Crippen LogP contribution in [0.2, 0.25) is 5.02 Å². The molecule has 2 N–H and O–H groups in total. The largest absolute Gasteiger partial charge is 0.383 e. The van der Waals surface area contributed by atoms with Gasteiger partial charge in [0.1, 0.15) is 11.6 Å². The highest BCUT2D eigenvalue weighted by molar-refractivity contribution is 6.30. The maximum Gasteiger partial charge on any atom is 0.130 e. The van der Waals surface area contributed by atoms with Gasteiger partial charge in [0.05, 0.1) is 5.69 Å². The summed E-state index contributed by atoms with van der Waals surface area (Å²) >= 11 is 5.95. The van der Waals surface area contributed by atoms with Crippen molar-refractivity contribution < 1.29 is 0 Å². The molecule has 0 fully saturated rings. The summed E-state index contributed by atoms with van der Waals surface area (Å²) in [4.78, 5) is 8.51. The Balaban J connectivity index is 2.64. The van der Waals surface area contributed by atoms with Crippen LogP contribution in [0.3, 0.4) is 0 Å². The third kappa shape index (κ3) is 1.99. The fourth-order valence-corrected chi connectivity index (χ4v) is 1.76. The molecule has 16 heavy (non-hydrogen) atoms. The lowest BCUT2D eigenvalue weighted by Crippen LogP contribution is -2.01. The van der Waals surface area contributed by atoms with Gasteiger partial charge in [-0.25, -0.2) is 9.97 Å². The summed E-state index contributed by atoms with van der Waals surface area (Å²) in [6.07, 6.45) is 0. The average molecular weight is 234 g/mol. The molecule has 3 nitrogen and oxygen atoms in total. The van der Waals surface area contributed by atoms with Gasteiger partial charge in [0.15, 0.2) is 0 Å². The Morgan fingerprint density at radius 3 is 2.62 bits per heavy atom. The van der Waals surface area contributed by atoms with Gasteiger partial charge in [0.25, 0.3) is 0 Å². The molecule has 0 unspecified atom stereocenters. The van der Waals surface area contributed by atoms with Gasteiger partial charge >= 0.3 is 0 Å². The van der Waals surface area contributed by atoms with Crippen LogP contribution in [-0.4, -0.2) is 9.97 Å². The molecule has 1 heterocycles. The van der Waals surface area contributed by atoms with E-state index in [1.54, 1.807) is 0 Å². The molecule has 0 aliphatic heterocycles. The Morgan fingerprint density at radius 1 is 1.19 bits per heavy atom. The molecule has 1 aromatic carbocycles. The fourth-order valence-electron chi connectivity index (χ4n) is 1.57. The highest BCUT2D eigenvalue weighted by Crippen LogP contribution is 2.26. The normalized spacial score (nSPS) is 10.4. The summed E-state index contributed by atoms with van der Waals surface area (Å²) in [5.74, 6) is 1.18. The first kappa shape index (κ1) is 10.9. The number of aryl methyl sites for hydroxylation is 1. The zero-order chi connectivity index (χ0) is 11.7. The number of aromatic nitrogens is 2. The van der Waals surface area contributed by atoms with Crippen LogP contribution in [-0.2, 0) is 0 Å². The Morgan fingerprint density at radius 2 is 1.94 bits per heavy atom. The van der Waals surface area contributed by atoms with Gasteiger partial charge in [-0.05, 0) is 26.0 Å². The van der Waals surface area contributed by atoms with E-state index in [0.29, 0.717) is 16.7 Å². The van der Waals surface area contributed by atoms with Crippen molar-refractivity contribution in [3.63, 3.8) is 0 Å². The topological polar surface area (TPSA) is 51.8 Å². The van der Waals surface area contributed by atoms with Gasteiger partial charge in [0, 0.05) is 16.1 Å². The first-order chi connectivity index (χ1) is 7.58. The van der Waals surface area contributed by atoms with E-state index in [4.69, 9.17) is 17.3 Å². The maximum absolute atomic E-state index is 5.95. The highest BCUT2D eigenvalue weighted by atomic mass is 35.5. The number of hydrogen-bond donors (Lipinski definition) is 1. The molecule has 0 aliphatic carbocycles. The third-order valence-corrected chi connectivity index (χ3v) is 2.63. The lowest BCUT2D eigenvalue weighted by Gasteiger charge is -2.08. The molecular weight excluding hydrogens is 222 g/mol. The summed E-state index contributed by atoms with van der Waals surface area (Å²) in [6.45, 7) is 3.73. The minimum atomic E-state index is 0.516. The summed E-state index contributed by atoms with van der Waals surface area (Å²) in [6, 6.07) is 7.55. The monoisotopic (exact) mass is 233 g/mol. The van der Waals surface area contributed by atoms with Gasteiger partial charge in [-0.1, -0.05) is 23.7 Å². The second-order valence-corrected chi connectivity index (χ2v) is 4.08. The summed E-state index contributed by atoms with van der Waals surface area (Å²) in [5, 5.41) is 0.687. The number of benzene rings is 1. The van der Waals surface area contributed by atoms with Gasteiger partial charge in [-0.3, -0.25) is 0 Å². The zero-order valence-corrected chi connectivity index (χ0v) is 9.92. The Bertz CT molecular complexity index is 538. The maximum atomic E-state index is 5.95. The lowest BCUT2D eigenvalue weighted by molar-refractivity contribution is 1.05. The van der Waals surface area contributed by atoms with Crippen LogP contribution in [0.4, 0.5) is 5.82 Å². The standard InChI is InChI=1S/C12H12ClN3/c1-7-11(15-8(2)16-12(7)14)9-4-3-5-10(13)6-9/h3-6H,1-2H3,(H2,14,15,16). The van der Waals surface area contributed by atoms with Crippen LogP contribution in [0, 0.1) is 13.8 Å². The SMILES string of the molecule is Cc1nc(N)c(C)c(-c2cccc(Cl)c2)n1. The van der Waals surface area contributed by atoms with Crippen LogP contribution in [0.5, 0.6) is 0 Å². The molecule has 82 valence electrons. The van der Waals surface area contributed by atoms with Crippen molar-refractivity contribution >= 4 is 17.4 Å². The molecular formula is C12H12ClN3. The minimum absolute atomic E-state index is 0.516. The second kappa shape index (κ2) is 4.10. The van der Waals surface area contributed by atoms with Crippen molar-refractivity contribution in [3.05, 3.63) is 40.7 Å². The molecule has 1 aromatic heterocycles. The molecule has 0 atom stereocenters. The van der Waals surface area contributed by atoms with E-state index >= 15 is 0 Å². The van der Waals surface area contributed by atoms with Crippen molar-refractivity contribution in [2.45, 2.75) is 13.8 Å². The van der Waals surface area contributed by atoms with E-state index in [1.165, 1.54) is 0 Å². The molecule has 2 rings (SSSR count). The van der Waals surface area contributed by atoms with Crippen molar-refractivity contribution in [1.82, 2.24) is 9.97 Å². The van der Waals surface area contributed by atoms with Crippen LogP contribution in [0.15, 0.2) is 24.3 Å². The van der Waals surface area contributed by atoms with E-state index in [9.17, 15) is 0 Å². The van der Waals surface area contributed by atoms with Crippen molar-refractivity contribution in [2.24, 2.45) is 0 Å². The molecule has 2 aromatic rings. The molecule has 0 saturated heterocycles. The lowest BCUT2D eigenvalue weighted by atomic mass is 10.1. The van der Waals surface area contributed by atoms with Crippen LogP contribution in [0.25, 0.3) is 11.3 Å². The van der Waals surface area contributed by atoms with Gasteiger partial charge in [-0.2, -0.15) is 0 Å². The number of nitrogen functional groups attached to an aromatic ring is 1. The molecule has 0 radical (unpaired) electrons. The molecule has 0 bridgehead atoms. The van der Waals surface area contributed by atoms with E-state index in [0.717, 1.165) is 16.8 Å². The predicted molar refractivity (Wildman–Crippen MR) is 66.4 cm³/mol. The number of hydrogen-bond acceptors (Lipinski definition) is 3. The summed E-state index contributed by atoms with van der Waals surface area (Å²) in [7, 11) is 0. The van der Waals surface area contributed by atoms with E-state index in [2.05, 4.69) is 9.97 Å². The minimum Gasteiger partial charge on any atom is -0.383 e. The van der Waals surface area contributed by atoms with E-state index in [-0.39, 0.29) is 0 Å². The molecule has 0 aliphatic rings. The van der Waals surface area contributed by atoms with Crippen LogP contribution >= 0.6 is 11.6 Å². The van der Waals surface area contributed by atoms with Gasteiger partial charge in [-0.15, -0.1) is 0 Å². The summed E-state index contributed by atoms with van der Waals surface area (Å²) in [5.41, 5.74) is 8.50. The number of halogens is 1. The van der Waals surface area contributed by atoms with Crippen LogP contribution < -0.4 is 5.73 Å². The average Bonchev–Trinajstić information content (AvgIpc) is 2.23. The molecule has 0 spiro atoms. The number of nitrogens with two attached hydrogens (primary N) is 1. The number of anilines is 1. The van der Waals surface area contributed by atoms with Crippen LogP contribution in [0.1, 0.15) is 11.4 Å². The molecule has 0 amide bonds. The van der Waals surface area contributed by atoms with Crippen molar-refractivity contribution in [1.29, 1.82) is 0 Å². The molecule has 0 saturated carbocycles. The van der Waals surface area contributed by atoms with E-state index < -0.39 is 0 Å². The Kier molecular flexibility index (Phi) is 2.79. The fraction of sp³-hybridized carbons (Fsp3) is 0.167. The highest BCUT2D eigenvalue weighted by Gasteiger charge is 2.08. The third-order valence-electron chi connectivity index (χ3n) is 2.39. The second-order valence-electron chi connectivity index (χ2n) is 3.64. The Hall–Kier alpha value is -1.61. The predicted octanol–water partition coefficient (Wildman–Crippen LogP) is 3.00. The quantitative estimate of drug-likeness (QED) is 0.824.